The second-order valence-corrected chi connectivity index (χ2v) is 5.05. The lowest BCUT2D eigenvalue weighted by Crippen LogP contribution is -2.24. The van der Waals surface area contributed by atoms with Crippen LogP contribution in [0.1, 0.15) is 24.0 Å². The van der Waals surface area contributed by atoms with Gasteiger partial charge in [0.1, 0.15) is 5.75 Å². The highest BCUT2D eigenvalue weighted by molar-refractivity contribution is 5.46. The summed E-state index contributed by atoms with van der Waals surface area (Å²) in [6.07, 6.45) is 6.53. The second-order valence-electron chi connectivity index (χ2n) is 5.05. The minimum Gasteiger partial charge on any atom is -0.619 e. The van der Waals surface area contributed by atoms with Crippen LogP contribution in [0.15, 0.2) is 36.7 Å². The number of fused-ring (bicyclic) bond motifs is 1. The first-order valence-electron chi connectivity index (χ1n) is 6.80. The van der Waals surface area contributed by atoms with Crippen LogP contribution in [0.25, 0.3) is 0 Å². The topological polar surface area (TPSA) is 79.3 Å². The fourth-order valence-electron chi connectivity index (χ4n) is 2.58. The summed E-state index contributed by atoms with van der Waals surface area (Å²) < 4.78 is 6.04. The first-order valence-corrected chi connectivity index (χ1v) is 6.80. The molecule has 1 aliphatic carbocycles. The molecule has 0 unspecified atom stereocenters. The fraction of sp³-hybridized carbons (Fsp3) is 0.267. The largest absolute Gasteiger partial charge is 0.619 e. The third kappa shape index (κ3) is 2.79. The van der Waals surface area contributed by atoms with Gasteiger partial charge in [0.25, 0.3) is 5.75 Å². The Morgan fingerprint density at radius 3 is 2.67 bits per heavy atom. The van der Waals surface area contributed by atoms with Gasteiger partial charge in [-0.3, -0.25) is 10.1 Å². The summed E-state index contributed by atoms with van der Waals surface area (Å²) in [5.41, 5.74) is 2.29. The molecule has 0 amide bonds. The number of ether oxygens (including phenoxy) is 1. The molecule has 0 N–H and O–H groups in total. The van der Waals surface area contributed by atoms with Crippen molar-refractivity contribution in [2.24, 2.45) is 0 Å². The van der Waals surface area contributed by atoms with Gasteiger partial charge >= 0.3 is 5.69 Å². The van der Waals surface area contributed by atoms with E-state index in [4.69, 9.17) is 4.74 Å². The van der Waals surface area contributed by atoms with Crippen LogP contribution in [0.4, 0.5) is 5.69 Å². The second kappa shape index (κ2) is 5.40. The minimum atomic E-state index is -0.562. The van der Waals surface area contributed by atoms with Crippen molar-refractivity contribution in [1.82, 2.24) is 0 Å². The molecule has 1 heterocycles. The Hall–Kier alpha value is -2.63. The molecule has 2 aromatic rings. The number of hydrogen-bond acceptors (Lipinski definition) is 4. The molecule has 1 aliphatic rings. The molecule has 21 heavy (non-hydrogen) atoms. The number of hydrogen-bond donors (Lipinski definition) is 0. The van der Waals surface area contributed by atoms with E-state index in [1.807, 2.05) is 12.1 Å². The molecule has 3 rings (SSSR count). The van der Waals surface area contributed by atoms with Gasteiger partial charge in [0.05, 0.1) is 11.0 Å². The molecule has 0 bridgehead atoms. The quantitative estimate of drug-likeness (QED) is 0.376. The molecule has 0 saturated carbocycles. The maximum atomic E-state index is 11.3. The average Bonchev–Trinajstić information content (AvgIpc) is 2.47. The molecule has 0 atom stereocenters. The van der Waals surface area contributed by atoms with E-state index in [0.717, 1.165) is 37.7 Å². The summed E-state index contributed by atoms with van der Waals surface area (Å²) in [5.74, 6) is 0.471. The van der Waals surface area contributed by atoms with Gasteiger partial charge < -0.3 is 9.94 Å². The van der Waals surface area contributed by atoms with E-state index in [0.29, 0.717) is 10.5 Å². The van der Waals surface area contributed by atoms with Gasteiger partial charge in [-0.25, -0.2) is 0 Å². The van der Waals surface area contributed by atoms with Crippen molar-refractivity contribution in [2.45, 2.75) is 25.7 Å². The lowest BCUT2D eigenvalue weighted by atomic mass is 9.92. The zero-order valence-electron chi connectivity index (χ0n) is 11.3. The smallest absolute Gasteiger partial charge is 0.323 e. The highest BCUT2D eigenvalue weighted by Gasteiger charge is 2.20. The first kappa shape index (κ1) is 13.4. The predicted octanol–water partition coefficient (Wildman–Crippen LogP) is 2.90. The van der Waals surface area contributed by atoms with Gasteiger partial charge in [0, 0.05) is 0 Å². The van der Waals surface area contributed by atoms with Crippen molar-refractivity contribution in [3.05, 3.63) is 63.1 Å². The van der Waals surface area contributed by atoms with E-state index in [9.17, 15) is 15.3 Å². The highest BCUT2D eigenvalue weighted by Crippen LogP contribution is 2.32. The Kier molecular flexibility index (Phi) is 3.43. The van der Waals surface area contributed by atoms with Gasteiger partial charge in [-0.15, -0.1) is 0 Å². The molecule has 0 fully saturated rings. The number of nitro groups is 1. The Bertz CT molecular complexity index is 700. The van der Waals surface area contributed by atoms with Crippen LogP contribution < -0.4 is 9.47 Å². The van der Waals surface area contributed by atoms with E-state index < -0.39 is 4.92 Å². The SMILES string of the molecule is O=[N+]([O-])c1cc[n+]([O-])cc1Oc1ccc2c(c1)CCCC2. The summed E-state index contributed by atoms with van der Waals surface area (Å²) in [6, 6.07) is 6.82. The van der Waals surface area contributed by atoms with Gasteiger partial charge in [-0.1, -0.05) is 6.07 Å². The molecule has 0 spiro atoms. The van der Waals surface area contributed by atoms with E-state index in [-0.39, 0.29) is 11.4 Å². The standard InChI is InChI=1S/C15H14N2O4/c18-16-8-7-14(17(19)20)15(10-16)21-13-6-5-11-3-1-2-4-12(11)9-13/h5-10H,1-4H2. The number of aromatic nitrogens is 1. The van der Waals surface area contributed by atoms with E-state index in [1.165, 1.54) is 17.5 Å². The summed E-state index contributed by atoms with van der Waals surface area (Å²) in [4.78, 5) is 10.4. The van der Waals surface area contributed by atoms with Crippen molar-refractivity contribution in [1.29, 1.82) is 0 Å². The number of rotatable bonds is 3. The maximum absolute atomic E-state index is 11.3. The van der Waals surface area contributed by atoms with Crippen molar-refractivity contribution >= 4 is 5.69 Å². The molecule has 6 heteroatoms. The predicted molar refractivity (Wildman–Crippen MR) is 75.2 cm³/mol. The molecule has 1 aromatic carbocycles. The average molecular weight is 286 g/mol. The zero-order valence-corrected chi connectivity index (χ0v) is 11.3. The van der Waals surface area contributed by atoms with Crippen LogP contribution in [0, 0.1) is 15.3 Å². The minimum absolute atomic E-state index is 0.0479. The number of benzene rings is 1. The zero-order chi connectivity index (χ0) is 14.8. The van der Waals surface area contributed by atoms with Gasteiger partial charge in [0.15, 0.2) is 6.20 Å². The van der Waals surface area contributed by atoms with E-state index >= 15 is 0 Å². The Labute approximate surface area is 121 Å². The third-order valence-corrected chi connectivity index (χ3v) is 3.62. The number of nitrogens with zero attached hydrogens (tertiary/aromatic N) is 2. The van der Waals surface area contributed by atoms with Crippen LogP contribution >= 0.6 is 0 Å². The lowest BCUT2D eigenvalue weighted by molar-refractivity contribution is -0.606. The summed E-state index contributed by atoms with van der Waals surface area (Å²) in [5, 5.41) is 22.3. The van der Waals surface area contributed by atoms with Crippen molar-refractivity contribution in [3.8, 4) is 11.5 Å². The van der Waals surface area contributed by atoms with Gasteiger partial charge in [-0.2, -0.15) is 4.73 Å². The number of pyridine rings is 1. The van der Waals surface area contributed by atoms with Gasteiger partial charge in [-0.05, 0) is 48.9 Å². The van der Waals surface area contributed by atoms with Crippen molar-refractivity contribution < 1.29 is 14.4 Å². The van der Waals surface area contributed by atoms with Gasteiger partial charge in [0.2, 0.25) is 6.20 Å². The third-order valence-electron chi connectivity index (χ3n) is 3.62. The summed E-state index contributed by atoms with van der Waals surface area (Å²) in [7, 11) is 0. The molecule has 1 aromatic heterocycles. The lowest BCUT2D eigenvalue weighted by Gasteiger charge is -2.16. The van der Waals surface area contributed by atoms with Crippen LogP contribution in [0.5, 0.6) is 11.5 Å². The Balaban J connectivity index is 1.93. The van der Waals surface area contributed by atoms with Crippen LogP contribution in [-0.4, -0.2) is 4.92 Å². The Morgan fingerprint density at radius 1 is 1.14 bits per heavy atom. The molecular formula is C15H14N2O4. The van der Waals surface area contributed by atoms with E-state index in [1.54, 1.807) is 6.07 Å². The van der Waals surface area contributed by atoms with Crippen LogP contribution in [0.3, 0.4) is 0 Å². The van der Waals surface area contributed by atoms with Crippen LogP contribution in [-0.2, 0) is 12.8 Å². The molecule has 108 valence electrons. The maximum Gasteiger partial charge on any atom is 0.323 e. The van der Waals surface area contributed by atoms with Crippen molar-refractivity contribution in [2.75, 3.05) is 0 Å². The molecule has 0 saturated heterocycles. The fourth-order valence-corrected chi connectivity index (χ4v) is 2.58. The number of aryl methyl sites for hydroxylation is 2. The first-order chi connectivity index (χ1) is 10.1. The summed E-state index contributed by atoms with van der Waals surface area (Å²) >= 11 is 0. The molecular weight excluding hydrogens is 272 g/mol. The normalized spacial score (nSPS) is 13.5. The summed E-state index contributed by atoms with van der Waals surface area (Å²) in [6.45, 7) is 0. The van der Waals surface area contributed by atoms with Crippen molar-refractivity contribution in [3.63, 3.8) is 0 Å². The molecule has 0 radical (unpaired) electrons. The monoisotopic (exact) mass is 286 g/mol. The molecule has 0 aliphatic heterocycles. The molecule has 6 nitrogen and oxygen atoms in total. The van der Waals surface area contributed by atoms with Crippen LogP contribution in [0.2, 0.25) is 0 Å². The highest BCUT2D eigenvalue weighted by atomic mass is 16.6. The Morgan fingerprint density at radius 2 is 1.90 bits per heavy atom. The van der Waals surface area contributed by atoms with E-state index in [2.05, 4.69) is 0 Å².